The molecule has 0 saturated carbocycles. The van der Waals surface area contributed by atoms with E-state index in [1.165, 1.54) is 34.6 Å². The maximum absolute atomic E-state index is 14.3. The number of thiophene rings is 1. The molecule has 1 N–H and O–H groups in total. The van der Waals surface area contributed by atoms with E-state index in [1.807, 2.05) is 30.4 Å². The molecule has 3 rings (SSSR count). The summed E-state index contributed by atoms with van der Waals surface area (Å²) in [4.78, 5) is 2.76. The lowest BCUT2D eigenvalue weighted by molar-refractivity contribution is 0.550. The van der Waals surface area contributed by atoms with Crippen molar-refractivity contribution >= 4 is 11.3 Å². The molecule has 3 heteroatoms. The van der Waals surface area contributed by atoms with E-state index in [1.54, 1.807) is 6.07 Å². The summed E-state index contributed by atoms with van der Waals surface area (Å²) in [6.45, 7) is 5.07. The smallest absolute Gasteiger partial charge is 0.128 e. The number of aryl methyl sites for hydroxylation is 3. The molecular weight excluding hydrogens is 281 g/mol. The monoisotopic (exact) mass is 303 g/mol. The van der Waals surface area contributed by atoms with Crippen LogP contribution in [-0.2, 0) is 12.8 Å². The minimum Gasteiger partial charge on any atom is -0.306 e. The molecule has 2 aromatic rings. The Bertz CT molecular complexity index is 611. The Balaban J connectivity index is 1.98. The average molecular weight is 303 g/mol. The van der Waals surface area contributed by atoms with Crippen LogP contribution in [0.5, 0.6) is 0 Å². The summed E-state index contributed by atoms with van der Waals surface area (Å²) in [6.07, 6.45) is 4.70. The van der Waals surface area contributed by atoms with Crippen LogP contribution in [0.25, 0.3) is 0 Å². The summed E-state index contributed by atoms with van der Waals surface area (Å²) in [6, 6.07) is 7.69. The van der Waals surface area contributed by atoms with E-state index in [-0.39, 0.29) is 11.9 Å². The highest BCUT2D eigenvalue weighted by molar-refractivity contribution is 7.12. The molecule has 1 nitrogen and oxygen atoms in total. The van der Waals surface area contributed by atoms with E-state index < -0.39 is 0 Å². The molecule has 1 aliphatic carbocycles. The van der Waals surface area contributed by atoms with Gasteiger partial charge in [-0.3, -0.25) is 0 Å². The second-order valence-electron chi connectivity index (χ2n) is 5.86. The first-order valence-corrected chi connectivity index (χ1v) is 8.61. The molecule has 1 heterocycles. The van der Waals surface area contributed by atoms with Gasteiger partial charge in [0.05, 0.1) is 6.04 Å². The zero-order valence-corrected chi connectivity index (χ0v) is 13.5. The minimum atomic E-state index is -0.109. The van der Waals surface area contributed by atoms with Gasteiger partial charge in [0.1, 0.15) is 5.82 Å². The maximum atomic E-state index is 14.3. The van der Waals surface area contributed by atoms with E-state index >= 15 is 0 Å². The average Bonchev–Trinajstić information content (AvgIpc) is 3.04. The fourth-order valence-electron chi connectivity index (χ4n) is 3.03. The van der Waals surface area contributed by atoms with Gasteiger partial charge in [0, 0.05) is 15.3 Å². The molecule has 1 unspecified atom stereocenters. The van der Waals surface area contributed by atoms with Gasteiger partial charge in [0.15, 0.2) is 0 Å². The van der Waals surface area contributed by atoms with Crippen molar-refractivity contribution in [2.45, 2.75) is 45.6 Å². The van der Waals surface area contributed by atoms with Crippen molar-refractivity contribution in [1.82, 2.24) is 5.32 Å². The molecule has 0 aliphatic heterocycles. The van der Waals surface area contributed by atoms with Crippen molar-refractivity contribution in [2.75, 3.05) is 6.54 Å². The molecule has 1 aromatic heterocycles. The summed E-state index contributed by atoms with van der Waals surface area (Å²) in [5.41, 5.74) is 3.37. The first-order valence-electron chi connectivity index (χ1n) is 7.80. The van der Waals surface area contributed by atoms with Crippen molar-refractivity contribution in [3.8, 4) is 0 Å². The Morgan fingerprint density at radius 2 is 2.14 bits per heavy atom. The zero-order valence-electron chi connectivity index (χ0n) is 12.7. The molecule has 0 amide bonds. The summed E-state index contributed by atoms with van der Waals surface area (Å²) < 4.78 is 14.3. The van der Waals surface area contributed by atoms with Crippen molar-refractivity contribution in [3.05, 3.63) is 56.5 Å². The minimum absolute atomic E-state index is 0.0135. The van der Waals surface area contributed by atoms with Crippen LogP contribution in [0.1, 0.15) is 52.3 Å². The third-order valence-electron chi connectivity index (χ3n) is 4.11. The van der Waals surface area contributed by atoms with Gasteiger partial charge in [-0.1, -0.05) is 24.6 Å². The fraction of sp³-hybridized carbons (Fsp3) is 0.444. The third-order valence-corrected chi connectivity index (χ3v) is 5.41. The van der Waals surface area contributed by atoms with E-state index in [0.717, 1.165) is 24.1 Å². The molecular formula is C18H22FNS. The molecule has 0 radical (unpaired) electrons. The summed E-state index contributed by atoms with van der Waals surface area (Å²) >= 11 is 1.86. The highest BCUT2D eigenvalue weighted by atomic mass is 32.1. The van der Waals surface area contributed by atoms with Gasteiger partial charge >= 0.3 is 0 Å². The number of halogens is 1. The van der Waals surface area contributed by atoms with Crippen LogP contribution in [0.4, 0.5) is 4.39 Å². The Kier molecular flexibility index (Phi) is 4.41. The number of hydrogen-bond donors (Lipinski definition) is 1. The predicted molar refractivity (Wildman–Crippen MR) is 87.6 cm³/mol. The summed E-state index contributed by atoms with van der Waals surface area (Å²) in [5, 5.41) is 3.53. The molecule has 1 aromatic carbocycles. The first kappa shape index (κ1) is 14.7. The second kappa shape index (κ2) is 6.29. The van der Waals surface area contributed by atoms with Gasteiger partial charge in [-0.15, -0.1) is 11.3 Å². The van der Waals surface area contributed by atoms with Crippen LogP contribution >= 0.6 is 11.3 Å². The molecule has 1 aliphatic rings. The fourth-order valence-corrected chi connectivity index (χ4v) is 4.38. The van der Waals surface area contributed by atoms with Crippen molar-refractivity contribution < 1.29 is 4.39 Å². The van der Waals surface area contributed by atoms with Crippen LogP contribution in [0.3, 0.4) is 0 Å². The normalized spacial score (nSPS) is 15.2. The van der Waals surface area contributed by atoms with Gasteiger partial charge in [-0.05, 0) is 56.8 Å². The zero-order chi connectivity index (χ0) is 14.8. The lowest BCUT2D eigenvalue weighted by Crippen LogP contribution is -2.23. The molecule has 0 spiro atoms. The summed E-state index contributed by atoms with van der Waals surface area (Å²) in [5.74, 6) is -0.109. The number of hydrogen-bond acceptors (Lipinski definition) is 2. The predicted octanol–water partition coefficient (Wildman–Crippen LogP) is 4.77. The molecule has 0 bridgehead atoms. The lowest BCUT2D eigenvalue weighted by atomic mass is 10.0. The molecule has 1 atom stereocenters. The van der Waals surface area contributed by atoms with Gasteiger partial charge in [-0.2, -0.15) is 0 Å². The first-order chi connectivity index (χ1) is 10.2. The Hall–Kier alpha value is -1.19. The Labute approximate surface area is 130 Å². The van der Waals surface area contributed by atoms with E-state index in [9.17, 15) is 4.39 Å². The van der Waals surface area contributed by atoms with E-state index in [4.69, 9.17) is 0 Å². The van der Waals surface area contributed by atoms with Crippen LogP contribution in [-0.4, -0.2) is 6.54 Å². The lowest BCUT2D eigenvalue weighted by Gasteiger charge is -2.19. The second-order valence-corrected chi connectivity index (χ2v) is 7.03. The van der Waals surface area contributed by atoms with Crippen molar-refractivity contribution in [1.29, 1.82) is 0 Å². The number of rotatable bonds is 5. The van der Waals surface area contributed by atoms with E-state index in [2.05, 4.69) is 18.3 Å². The number of benzene rings is 1. The number of fused-ring (bicyclic) bond motifs is 1. The summed E-state index contributed by atoms with van der Waals surface area (Å²) in [7, 11) is 0. The van der Waals surface area contributed by atoms with Crippen LogP contribution in [0.15, 0.2) is 24.3 Å². The van der Waals surface area contributed by atoms with E-state index in [0.29, 0.717) is 0 Å². The highest BCUT2D eigenvalue weighted by Crippen LogP contribution is 2.36. The molecule has 0 saturated heterocycles. The van der Waals surface area contributed by atoms with Crippen LogP contribution in [0, 0.1) is 12.7 Å². The number of nitrogens with one attached hydrogen (secondary N) is 1. The van der Waals surface area contributed by atoms with Crippen molar-refractivity contribution in [3.63, 3.8) is 0 Å². The van der Waals surface area contributed by atoms with Crippen molar-refractivity contribution in [2.24, 2.45) is 0 Å². The van der Waals surface area contributed by atoms with Gasteiger partial charge in [0.25, 0.3) is 0 Å². The molecule has 21 heavy (non-hydrogen) atoms. The third kappa shape index (κ3) is 3.04. The standard InChI is InChI=1S/C18H22FNS/c1-3-9-20-18(14-10-12(2)7-8-15(14)19)17-11-13-5-4-6-16(13)21-17/h7-8,10-11,18,20H,3-6,9H2,1-2H3. The molecule has 112 valence electrons. The van der Waals surface area contributed by atoms with Gasteiger partial charge < -0.3 is 5.32 Å². The van der Waals surface area contributed by atoms with Crippen LogP contribution < -0.4 is 5.32 Å². The molecule has 0 fully saturated rings. The Morgan fingerprint density at radius 3 is 2.90 bits per heavy atom. The maximum Gasteiger partial charge on any atom is 0.128 e. The van der Waals surface area contributed by atoms with Gasteiger partial charge in [-0.25, -0.2) is 4.39 Å². The topological polar surface area (TPSA) is 12.0 Å². The SMILES string of the molecule is CCCNC(c1cc2c(s1)CCC2)c1cc(C)ccc1F. The quantitative estimate of drug-likeness (QED) is 0.838. The highest BCUT2D eigenvalue weighted by Gasteiger charge is 2.23. The Morgan fingerprint density at radius 1 is 1.29 bits per heavy atom. The van der Waals surface area contributed by atoms with Gasteiger partial charge in [0.2, 0.25) is 0 Å². The largest absolute Gasteiger partial charge is 0.306 e. The van der Waals surface area contributed by atoms with Crippen LogP contribution in [0.2, 0.25) is 0 Å².